The standard InChI is InChI=1S/C29H28NO2P/c1-3-30(4-2)33(23-13-7-8-14-23)32-27-20-18-22-12-6-10-16-25(22)29(27)28-24-15-9-5-11-21(24)17-19-26(28)31/h5-20,22,31H,3-4H2,1-2H3. The second kappa shape index (κ2) is 9.31. The smallest absolute Gasteiger partial charge is 0.517 e. The molecule has 0 aromatic heterocycles. The van der Waals surface area contributed by atoms with Crippen LogP contribution in [0.25, 0.3) is 16.3 Å². The summed E-state index contributed by atoms with van der Waals surface area (Å²) in [7, 11) is -1.01. The van der Waals surface area contributed by atoms with Gasteiger partial charge in [0, 0.05) is 13.1 Å². The molecule has 0 fully saturated rings. The van der Waals surface area contributed by atoms with Crippen LogP contribution in [0.15, 0.2) is 103 Å². The van der Waals surface area contributed by atoms with Gasteiger partial charge in [0.2, 0.25) is 0 Å². The highest BCUT2D eigenvalue weighted by Crippen LogP contribution is 2.47. The molecule has 0 amide bonds. The van der Waals surface area contributed by atoms with Gasteiger partial charge < -0.3 is 5.11 Å². The van der Waals surface area contributed by atoms with Gasteiger partial charge >= 0.3 is 14.1 Å². The summed E-state index contributed by atoms with van der Waals surface area (Å²) in [6, 6.07) is 20.4. The SMILES string of the molecule is CCN(CC)[P+](=[O+][C-]1C=CC2C=CC=CC2=C1c1c(O)ccc2ccccc12)[c-]1cccc1. The first-order valence-corrected chi connectivity index (χ1v) is 12.7. The maximum Gasteiger partial charge on any atom is 0.587 e. The summed E-state index contributed by atoms with van der Waals surface area (Å²) < 4.78 is 9.27. The highest BCUT2D eigenvalue weighted by atomic mass is 31.1. The molecule has 2 unspecified atom stereocenters. The molecule has 0 spiro atoms. The molecular weight excluding hydrogens is 425 g/mol. The quantitative estimate of drug-likeness (QED) is 0.253. The average Bonchev–Trinajstić information content (AvgIpc) is 3.39. The molecule has 3 aromatic rings. The monoisotopic (exact) mass is 453 g/mol. The van der Waals surface area contributed by atoms with Crippen LogP contribution in [0, 0.1) is 12.0 Å². The first-order chi connectivity index (χ1) is 16.2. The van der Waals surface area contributed by atoms with E-state index in [-0.39, 0.29) is 11.7 Å². The number of phenolic OH excluding ortho intramolecular Hbond substituents is 1. The van der Waals surface area contributed by atoms with Crippen molar-refractivity contribution in [1.82, 2.24) is 4.67 Å². The van der Waals surface area contributed by atoms with Crippen molar-refractivity contribution < 1.29 is 9.30 Å². The number of benzene rings is 2. The third-order valence-electron chi connectivity index (χ3n) is 6.25. The van der Waals surface area contributed by atoms with Crippen LogP contribution in [0.5, 0.6) is 5.75 Å². The molecule has 0 saturated carbocycles. The molecule has 0 saturated heterocycles. The zero-order valence-corrected chi connectivity index (χ0v) is 19.9. The molecule has 5 rings (SSSR count). The Kier molecular flexibility index (Phi) is 6.09. The van der Waals surface area contributed by atoms with Gasteiger partial charge in [0.05, 0.1) is 5.75 Å². The Morgan fingerprint density at radius 1 is 0.970 bits per heavy atom. The second-order valence-corrected chi connectivity index (χ2v) is 9.96. The molecular formula is C29H28NO2P. The lowest BCUT2D eigenvalue weighted by molar-refractivity contribution is 0.181. The maximum atomic E-state index is 11.1. The molecule has 1 N–H and O–H groups in total. The predicted octanol–water partition coefficient (Wildman–Crippen LogP) is 6.81. The summed E-state index contributed by atoms with van der Waals surface area (Å²) in [4.78, 5) is 0. The number of nitrogens with zero attached hydrogens (tertiary/aromatic N) is 1. The fraction of sp³-hybridized carbons (Fsp3) is 0.172. The molecule has 3 aromatic carbocycles. The molecule has 166 valence electrons. The largest absolute Gasteiger partial charge is 0.587 e. The van der Waals surface area contributed by atoms with Gasteiger partial charge in [-0.05, 0) is 53.8 Å². The molecule has 2 atom stereocenters. The van der Waals surface area contributed by atoms with Crippen LogP contribution in [0.2, 0.25) is 0 Å². The van der Waals surface area contributed by atoms with E-state index in [9.17, 15) is 5.11 Å². The lowest BCUT2D eigenvalue weighted by Crippen LogP contribution is -2.20. The van der Waals surface area contributed by atoms with E-state index in [2.05, 4.69) is 91.4 Å². The normalized spacial score (nSPS) is 18.0. The van der Waals surface area contributed by atoms with E-state index < -0.39 is 7.95 Å². The van der Waals surface area contributed by atoms with Crippen LogP contribution in [0.4, 0.5) is 0 Å². The van der Waals surface area contributed by atoms with Crippen molar-refractivity contribution in [3.8, 4) is 5.75 Å². The van der Waals surface area contributed by atoms with Gasteiger partial charge in [-0.3, -0.25) is 0 Å². The first kappa shape index (κ1) is 21.6. The van der Waals surface area contributed by atoms with Gasteiger partial charge in [0.15, 0.2) is 5.30 Å². The Morgan fingerprint density at radius 3 is 2.55 bits per heavy atom. The number of fused-ring (bicyclic) bond motifs is 2. The van der Waals surface area contributed by atoms with Crippen molar-refractivity contribution >= 4 is 29.6 Å². The fourth-order valence-corrected chi connectivity index (χ4v) is 6.42. The van der Waals surface area contributed by atoms with Crippen LogP contribution in [-0.2, 0) is 4.20 Å². The zero-order valence-electron chi connectivity index (χ0n) is 19.0. The van der Waals surface area contributed by atoms with E-state index in [0.717, 1.165) is 46.7 Å². The van der Waals surface area contributed by atoms with Gasteiger partial charge in [-0.25, -0.2) is 12.1 Å². The van der Waals surface area contributed by atoms with Crippen LogP contribution in [-0.4, -0.2) is 22.9 Å². The third kappa shape index (κ3) is 3.99. The lowest BCUT2D eigenvalue weighted by Gasteiger charge is -2.29. The zero-order chi connectivity index (χ0) is 22.8. The van der Waals surface area contributed by atoms with Gasteiger partial charge in [-0.2, -0.15) is 0 Å². The minimum absolute atomic E-state index is 0.161. The van der Waals surface area contributed by atoms with Crippen LogP contribution >= 0.6 is 7.95 Å². The number of rotatable bonds is 6. The summed E-state index contributed by atoms with van der Waals surface area (Å²) >= 11 is 0. The molecule has 2 aliphatic carbocycles. The van der Waals surface area contributed by atoms with Crippen LogP contribution < -0.4 is 5.30 Å². The summed E-state index contributed by atoms with van der Waals surface area (Å²) in [6.07, 6.45) is 13.6. The second-order valence-electron chi connectivity index (χ2n) is 8.15. The van der Waals surface area contributed by atoms with E-state index in [1.165, 1.54) is 5.30 Å². The van der Waals surface area contributed by atoms with E-state index in [1.54, 1.807) is 6.07 Å². The van der Waals surface area contributed by atoms with Crippen molar-refractivity contribution in [2.75, 3.05) is 13.1 Å². The summed E-state index contributed by atoms with van der Waals surface area (Å²) in [6.45, 7) is 6.16. The molecule has 0 aliphatic heterocycles. The predicted molar refractivity (Wildman–Crippen MR) is 139 cm³/mol. The minimum Gasteiger partial charge on any atom is -0.517 e. The number of aromatic hydroxyl groups is 1. The lowest BCUT2D eigenvalue weighted by atomic mass is 9.79. The summed E-state index contributed by atoms with van der Waals surface area (Å²) in [5.74, 6) is 0.434. The molecule has 0 bridgehead atoms. The van der Waals surface area contributed by atoms with Crippen molar-refractivity contribution in [1.29, 1.82) is 0 Å². The van der Waals surface area contributed by atoms with Crippen molar-refractivity contribution in [2.45, 2.75) is 13.8 Å². The first-order valence-electron chi connectivity index (χ1n) is 11.5. The van der Waals surface area contributed by atoms with E-state index in [0.29, 0.717) is 0 Å². The highest BCUT2D eigenvalue weighted by Gasteiger charge is 2.38. The molecule has 0 heterocycles. The average molecular weight is 454 g/mol. The van der Waals surface area contributed by atoms with Gasteiger partial charge in [0.1, 0.15) is 0 Å². The molecule has 0 radical (unpaired) electrons. The summed E-state index contributed by atoms with van der Waals surface area (Å²) in [5.41, 5.74) is 2.96. The van der Waals surface area contributed by atoms with Gasteiger partial charge in [0.25, 0.3) is 0 Å². The van der Waals surface area contributed by atoms with Gasteiger partial charge in [-0.1, -0.05) is 57.4 Å². The molecule has 4 heteroatoms. The van der Waals surface area contributed by atoms with Crippen LogP contribution in [0.1, 0.15) is 19.4 Å². The molecule has 3 nitrogen and oxygen atoms in total. The van der Waals surface area contributed by atoms with E-state index in [1.807, 2.05) is 18.2 Å². The van der Waals surface area contributed by atoms with Crippen molar-refractivity contribution in [2.24, 2.45) is 5.92 Å². The Morgan fingerprint density at radius 2 is 1.76 bits per heavy atom. The topological polar surface area (TPSA) is 34.8 Å². The van der Waals surface area contributed by atoms with Gasteiger partial charge in [-0.15, -0.1) is 29.9 Å². The minimum atomic E-state index is -1.01. The number of hydrogen-bond donors (Lipinski definition) is 1. The van der Waals surface area contributed by atoms with Crippen LogP contribution in [0.3, 0.4) is 0 Å². The van der Waals surface area contributed by atoms with E-state index >= 15 is 0 Å². The molecule has 33 heavy (non-hydrogen) atoms. The Labute approximate surface area is 196 Å². The fourth-order valence-electron chi connectivity index (χ4n) is 4.60. The number of allylic oxidation sites excluding steroid dienone is 6. The molecule has 2 aliphatic rings. The Balaban J connectivity index is 1.76. The maximum absolute atomic E-state index is 11.1. The number of hydrogen-bond acceptors (Lipinski definition) is 1. The van der Waals surface area contributed by atoms with E-state index in [4.69, 9.17) is 4.20 Å². The van der Waals surface area contributed by atoms with Crippen molar-refractivity contribution in [3.05, 3.63) is 114 Å². The third-order valence-corrected chi connectivity index (χ3v) is 8.44. The number of phenols is 1. The Bertz CT molecular complexity index is 1310. The van der Waals surface area contributed by atoms with Crippen molar-refractivity contribution in [3.63, 3.8) is 0 Å². The Hall–Kier alpha value is -3.26. The summed E-state index contributed by atoms with van der Waals surface area (Å²) in [5, 5.41) is 14.4. The highest BCUT2D eigenvalue weighted by molar-refractivity contribution is 7.51.